The van der Waals surface area contributed by atoms with Crippen LogP contribution in [0.15, 0.2) is 58.2 Å². The van der Waals surface area contributed by atoms with Crippen LogP contribution in [0.3, 0.4) is 0 Å². The van der Waals surface area contributed by atoms with Crippen LogP contribution in [0.2, 0.25) is 0 Å². The molecule has 2 heterocycles. The van der Waals surface area contributed by atoms with Gasteiger partial charge in [-0.1, -0.05) is 18.2 Å². The van der Waals surface area contributed by atoms with Crippen molar-refractivity contribution in [2.45, 2.75) is 51.2 Å². The third-order valence-electron chi connectivity index (χ3n) is 6.70. The Labute approximate surface area is 219 Å². The number of ether oxygens (including phenoxy) is 1. The quantitative estimate of drug-likeness (QED) is 0.426. The van der Waals surface area contributed by atoms with Gasteiger partial charge in [0.1, 0.15) is 12.0 Å². The molecule has 0 bridgehead atoms. The summed E-state index contributed by atoms with van der Waals surface area (Å²) in [5.41, 5.74) is 4.66. The number of rotatable bonds is 10. The van der Waals surface area contributed by atoms with Crippen molar-refractivity contribution < 1.29 is 22.4 Å². The standard InChI is InChI=1S/C28H35N3O5S/c1-20-11-26(35-4)12-21(2)27(20)37(33,34)30(3)17-23-13-22(16-29-28(32)25-7-10-36-19-25)14-24(15-23)18-31-8-5-6-9-31/h7,10-15,19H,5-6,8-9,16-18H2,1-4H3,(H,29,32). The number of benzene rings is 2. The monoisotopic (exact) mass is 525 g/mol. The summed E-state index contributed by atoms with van der Waals surface area (Å²) in [6, 6.07) is 11.2. The van der Waals surface area contributed by atoms with Gasteiger partial charge in [-0.25, -0.2) is 8.42 Å². The minimum absolute atomic E-state index is 0.212. The molecule has 0 radical (unpaired) electrons. The fourth-order valence-electron chi connectivity index (χ4n) is 4.93. The molecule has 0 atom stereocenters. The van der Waals surface area contributed by atoms with E-state index in [-0.39, 0.29) is 12.5 Å². The number of hydrogen-bond acceptors (Lipinski definition) is 6. The summed E-state index contributed by atoms with van der Waals surface area (Å²) in [5, 5.41) is 2.93. The topological polar surface area (TPSA) is 92.1 Å². The molecule has 2 aromatic carbocycles. The summed E-state index contributed by atoms with van der Waals surface area (Å²) in [7, 11) is -0.568. The Morgan fingerprint density at radius 2 is 1.70 bits per heavy atom. The lowest BCUT2D eigenvalue weighted by Crippen LogP contribution is -2.28. The lowest BCUT2D eigenvalue weighted by Gasteiger charge is -2.22. The van der Waals surface area contributed by atoms with Gasteiger partial charge < -0.3 is 14.5 Å². The van der Waals surface area contributed by atoms with Crippen LogP contribution < -0.4 is 10.1 Å². The SMILES string of the molecule is COc1cc(C)c(S(=O)(=O)N(C)Cc2cc(CNC(=O)c3ccoc3)cc(CN3CCCC3)c2)c(C)c1. The molecule has 1 aromatic heterocycles. The van der Waals surface area contributed by atoms with Crippen molar-refractivity contribution in [3.8, 4) is 5.75 Å². The maximum Gasteiger partial charge on any atom is 0.254 e. The van der Waals surface area contributed by atoms with Gasteiger partial charge in [0.25, 0.3) is 5.91 Å². The second-order valence-corrected chi connectivity index (χ2v) is 11.7. The van der Waals surface area contributed by atoms with Gasteiger partial charge in [0.2, 0.25) is 10.0 Å². The molecule has 198 valence electrons. The number of methoxy groups -OCH3 is 1. The van der Waals surface area contributed by atoms with E-state index in [0.717, 1.165) is 36.3 Å². The number of amides is 1. The maximum absolute atomic E-state index is 13.6. The predicted octanol–water partition coefficient (Wildman–Crippen LogP) is 4.25. The molecule has 1 aliphatic heterocycles. The van der Waals surface area contributed by atoms with Crippen LogP contribution in [0.1, 0.15) is 51.0 Å². The van der Waals surface area contributed by atoms with Gasteiger partial charge in [0, 0.05) is 26.7 Å². The van der Waals surface area contributed by atoms with Crippen LogP contribution in [-0.4, -0.2) is 50.8 Å². The minimum atomic E-state index is -3.74. The molecule has 0 saturated carbocycles. The number of furan rings is 1. The zero-order chi connectivity index (χ0) is 26.6. The number of hydrogen-bond donors (Lipinski definition) is 1. The average Bonchev–Trinajstić information content (AvgIpc) is 3.56. The van der Waals surface area contributed by atoms with Crippen LogP contribution >= 0.6 is 0 Å². The van der Waals surface area contributed by atoms with E-state index in [1.807, 2.05) is 6.07 Å². The van der Waals surface area contributed by atoms with E-state index in [4.69, 9.17) is 9.15 Å². The minimum Gasteiger partial charge on any atom is -0.497 e. The number of carbonyl (C=O) groups is 1. The zero-order valence-electron chi connectivity index (χ0n) is 21.9. The van der Waals surface area contributed by atoms with Gasteiger partial charge in [-0.05, 0) is 85.8 Å². The number of nitrogens with one attached hydrogen (secondary N) is 1. The lowest BCUT2D eigenvalue weighted by molar-refractivity contribution is 0.0950. The number of carbonyl (C=O) groups excluding carboxylic acids is 1. The van der Waals surface area contributed by atoms with Crippen molar-refractivity contribution >= 4 is 15.9 Å². The van der Waals surface area contributed by atoms with E-state index in [9.17, 15) is 13.2 Å². The maximum atomic E-state index is 13.6. The molecule has 0 spiro atoms. The average molecular weight is 526 g/mol. The van der Waals surface area contributed by atoms with E-state index in [0.29, 0.717) is 33.9 Å². The van der Waals surface area contributed by atoms with Crippen LogP contribution in [0.5, 0.6) is 5.75 Å². The number of sulfonamides is 1. The highest BCUT2D eigenvalue weighted by Crippen LogP contribution is 2.29. The second-order valence-electron chi connectivity index (χ2n) is 9.69. The van der Waals surface area contributed by atoms with Crippen LogP contribution in [-0.2, 0) is 29.7 Å². The normalized spacial score (nSPS) is 14.3. The van der Waals surface area contributed by atoms with Crippen molar-refractivity contribution in [2.24, 2.45) is 0 Å². The number of likely N-dealkylation sites (tertiary alicyclic amines) is 1. The molecule has 9 heteroatoms. The Kier molecular flexibility index (Phi) is 8.36. The first kappa shape index (κ1) is 26.9. The first-order chi connectivity index (χ1) is 17.7. The molecular weight excluding hydrogens is 490 g/mol. The molecule has 8 nitrogen and oxygen atoms in total. The Hall–Kier alpha value is -3.14. The summed E-state index contributed by atoms with van der Waals surface area (Å²) in [4.78, 5) is 15.1. The molecule has 4 rings (SSSR count). The fraction of sp³-hybridized carbons (Fsp3) is 0.393. The molecule has 1 fully saturated rings. The van der Waals surface area contributed by atoms with Gasteiger partial charge >= 0.3 is 0 Å². The van der Waals surface area contributed by atoms with Crippen molar-refractivity contribution in [2.75, 3.05) is 27.2 Å². The summed E-state index contributed by atoms with van der Waals surface area (Å²) in [6.07, 6.45) is 5.25. The predicted molar refractivity (Wildman–Crippen MR) is 142 cm³/mol. The van der Waals surface area contributed by atoms with Crippen molar-refractivity contribution in [3.63, 3.8) is 0 Å². The molecule has 3 aromatic rings. The molecule has 1 amide bonds. The second kappa shape index (κ2) is 11.5. The molecule has 1 saturated heterocycles. The van der Waals surface area contributed by atoms with E-state index in [1.165, 1.54) is 29.7 Å². The summed E-state index contributed by atoms with van der Waals surface area (Å²) in [6.45, 7) is 7.02. The largest absolute Gasteiger partial charge is 0.497 e. The zero-order valence-corrected chi connectivity index (χ0v) is 22.7. The molecule has 1 aliphatic rings. The lowest BCUT2D eigenvalue weighted by atomic mass is 10.0. The Balaban J connectivity index is 1.58. The summed E-state index contributed by atoms with van der Waals surface area (Å²) < 4.78 is 38.9. The molecule has 1 N–H and O–H groups in total. The van der Waals surface area contributed by atoms with Gasteiger partial charge in [0.05, 0.1) is 23.8 Å². The van der Waals surface area contributed by atoms with Gasteiger partial charge in [0.15, 0.2) is 0 Å². The van der Waals surface area contributed by atoms with E-state index in [1.54, 1.807) is 46.2 Å². The highest BCUT2D eigenvalue weighted by atomic mass is 32.2. The van der Waals surface area contributed by atoms with Crippen LogP contribution in [0.25, 0.3) is 0 Å². The first-order valence-corrected chi connectivity index (χ1v) is 13.9. The van der Waals surface area contributed by atoms with Crippen molar-refractivity contribution in [3.05, 3.63) is 82.3 Å². The number of aryl methyl sites for hydroxylation is 2. The fourth-order valence-corrected chi connectivity index (χ4v) is 6.50. The van der Waals surface area contributed by atoms with Crippen LogP contribution in [0.4, 0.5) is 0 Å². The molecular formula is C28H35N3O5S. The number of nitrogens with zero attached hydrogens (tertiary/aromatic N) is 2. The Morgan fingerprint density at radius 3 is 2.32 bits per heavy atom. The third kappa shape index (κ3) is 6.41. The first-order valence-electron chi connectivity index (χ1n) is 12.4. The van der Waals surface area contributed by atoms with Gasteiger partial charge in [-0.3, -0.25) is 9.69 Å². The van der Waals surface area contributed by atoms with E-state index >= 15 is 0 Å². The van der Waals surface area contributed by atoms with Crippen LogP contribution in [0, 0.1) is 13.8 Å². The highest BCUT2D eigenvalue weighted by Gasteiger charge is 2.26. The smallest absolute Gasteiger partial charge is 0.254 e. The highest BCUT2D eigenvalue weighted by molar-refractivity contribution is 7.89. The molecule has 0 aliphatic carbocycles. The van der Waals surface area contributed by atoms with E-state index in [2.05, 4.69) is 22.3 Å². The Bertz CT molecular complexity index is 1320. The summed E-state index contributed by atoms with van der Waals surface area (Å²) >= 11 is 0. The van der Waals surface area contributed by atoms with Gasteiger partial charge in [-0.2, -0.15) is 4.31 Å². The summed E-state index contributed by atoms with van der Waals surface area (Å²) in [5.74, 6) is 0.415. The third-order valence-corrected chi connectivity index (χ3v) is 8.81. The molecule has 0 unspecified atom stereocenters. The van der Waals surface area contributed by atoms with Gasteiger partial charge in [-0.15, -0.1) is 0 Å². The van der Waals surface area contributed by atoms with Crippen molar-refractivity contribution in [1.82, 2.24) is 14.5 Å². The van der Waals surface area contributed by atoms with E-state index < -0.39 is 10.0 Å². The Morgan fingerprint density at radius 1 is 1.05 bits per heavy atom. The van der Waals surface area contributed by atoms with Crippen molar-refractivity contribution in [1.29, 1.82) is 0 Å². The molecule has 37 heavy (non-hydrogen) atoms.